The van der Waals surface area contributed by atoms with Crippen LogP contribution in [0.5, 0.6) is 5.75 Å². The van der Waals surface area contributed by atoms with E-state index in [9.17, 15) is 4.39 Å². The zero-order chi connectivity index (χ0) is 12.3. The average molecular weight is 232 g/mol. The third-order valence-electron chi connectivity index (χ3n) is 2.35. The van der Waals surface area contributed by atoms with E-state index in [0.29, 0.717) is 18.0 Å². The SMILES string of the molecule is Cc1cc(F)ccc1OCc1cc(N)ccn1. The van der Waals surface area contributed by atoms with Gasteiger partial charge in [0, 0.05) is 11.9 Å². The number of nitrogens with two attached hydrogens (primary N) is 1. The van der Waals surface area contributed by atoms with Crippen molar-refractivity contribution in [2.24, 2.45) is 0 Å². The van der Waals surface area contributed by atoms with Crippen molar-refractivity contribution in [2.75, 3.05) is 5.73 Å². The van der Waals surface area contributed by atoms with Crippen LogP contribution in [-0.2, 0) is 6.61 Å². The minimum atomic E-state index is -0.267. The van der Waals surface area contributed by atoms with Gasteiger partial charge in [-0.25, -0.2) is 4.39 Å². The van der Waals surface area contributed by atoms with Gasteiger partial charge in [-0.3, -0.25) is 4.98 Å². The second-order valence-electron chi connectivity index (χ2n) is 3.78. The Morgan fingerprint density at radius 1 is 1.29 bits per heavy atom. The summed E-state index contributed by atoms with van der Waals surface area (Å²) in [5.41, 5.74) is 7.78. The number of aryl methyl sites for hydroxylation is 1. The highest BCUT2D eigenvalue weighted by molar-refractivity contribution is 5.37. The molecule has 2 rings (SSSR count). The van der Waals surface area contributed by atoms with E-state index >= 15 is 0 Å². The molecule has 0 saturated heterocycles. The fourth-order valence-electron chi connectivity index (χ4n) is 1.50. The predicted octanol–water partition coefficient (Wildman–Crippen LogP) is 2.69. The molecule has 0 saturated carbocycles. The number of nitrogen functional groups attached to an aromatic ring is 1. The Bertz CT molecular complexity index is 529. The van der Waals surface area contributed by atoms with Gasteiger partial charge in [0.15, 0.2) is 0 Å². The van der Waals surface area contributed by atoms with E-state index in [1.54, 1.807) is 31.3 Å². The molecule has 0 atom stereocenters. The number of halogens is 1. The Balaban J connectivity index is 2.07. The number of ether oxygens (including phenoxy) is 1. The van der Waals surface area contributed by atoms with Crippen molar-refractivity contribution in [3.8, 4) is 5.75 Å². The molecule has 0 aliphatic heterocycles. The Labute approximate surface area is 99.1 Å². The molecule has 3 nitrogen and oxygen atoms in total. The van der Waals surface area contributed by atoms with Crippen molar-refractivity contribution in [1.82, 2.24) is 4.98 Å². The van der Waals surface area contributed by atoms with Crippen LogP contribution in [0.3, 0.4) is 0 Å². The molecule has 88 valence electrons. The molecule has 1 aromatic carbocycles. The summed E-state index contributed by atoms with van der Waals surface area (Å²) in [6.07, 6.45) is 1.63. The molecule has 2 aromatic rings. The topological polar surface area (TPSA) is 48.1 Å². The fraction of sp³-hybridized carbons (Fsp3) is 0.154. The summed E-state index contributed by atoms with van der Waals surface area (Å²) in [5.74, 6) is 0.382. The first-order chi connectivity index (χ1) is 8.15. The van der Waals surface area contributed by atoms with Crippen LogP contribution < -0.4 is 10.5 Å². The number of anilines is 1. The molecule has 0 spiro atoms. The molecule has 17 heavy (non-hydrogen) atoms. The molecule has 0 amide bonds. The minimum Gasteiger partial charge on any atom is -0.487 e. The van der Waals surface area contributed by atoms with Crippen molar-refractivity contribution in [1.29, 1.82) is 0 Å². The molecular weight excluding hydrogens is 219 g/mol. The molecule has 4 heteroatoms. The fourth-order valence-corrected chi connectivity index (χ4v) is 1.50. The Morgan fingerprint density at radius 3 is 2.82 bits per heavy atom. The van der Waals surface area contributed by atoms with Crippen LogP contribution >= 0.6 is 0 Å². The van der Waals surface area contributed by atoms with Crippen molar-refractivity contribution in [3.63, 3.8) is 0 Å². The van der Waals surface area contributed by atoms with Gasteiger partial charge in [-0.15, -0.1) is 0 Å². The normalized spacial score (nSPS) is 10.2. The minimum absolute atomic E-state index is 0.267. The van der Waals surface area contributed by atoms with Crippen molar-refractivity contribution in [2.45, 2.75) is 13.5 Å². The van der Waals surface area contributed by atoms with E-state index in [2.05, 4.69) is 4.98 Å². The maximum atomic E-state index is 12.9. The lowest BCUT2D eigenvalue weighted by Gasteiger charge is -2.08. The lowest BCUT2D eigenvalue weighted by molar-refractivity contribution is 0.299. The predicted molar refractivity (Wildman–Crippen MR) is 64.1 cm³/mol. The Hall–Kier alpha value is -2.10. The molecule has 0 fully saturated rings. The smallest absolute Gasteiger partial charge is 0.130 e. The average Bonchev–Trinajstić information content (AvgIpc) is 2.28. The second kappa shape index (κ2) is 4.82. The standard InChI is InChI=1S/C13H13FN2O/c1-9-6-10(14)2-3-13(9)17-8-12-7-11(15)4-5-16-12/h2-7H,8H2,1H3,(H2,15,16). The monoisotopic (exact) mass is 232 g/mol. The van der Waals surface area contributed by atoms with Crippen LogP contribution in [-0.4, -0.2) is 4.98 Å². The van der Waals surface area contributed by atoms with Crippen LogP contribution in [0.1, 0.15) is 11.3 Å². The quantitative estimate of drug-likeness (QED) is 0.885. The summed E-state index contributed by atoms with van der Waals surface area (Å²) in [5, 5.41) is 0. The molecule has 1 heterocycles. The molecule has 1 aromatic heterocycles. The largest absolute Gasteiger partial charge is 0.487 e. The molecule has 2 N–H and O–H groups in total. The van der Waals surface area contributed by atoms with Gasteiger partial charge < -0.3 is 10.5 Å². The first-order valence-corrected chi connectivity index (χ1v) is 5.24. The van der Waals surface area contributed by atoms with Crippen molar-refractivity contribution >= 4 is 5.69 Å². The van der Waals surface area contributed by atoms with E-state index in [-0.39, 0.29) is 5.82 Å². The third-order valence-corrected chi connectivity index (χ3v) is 2.35. The van der Waals surface area contributed by atoms with Crippen molar-refractivity contribution < 1.29 is 9.13 Å². The van der Waals surface area contributed by atoms with E-state index in [0.717, 1.165) is 11.3 Å². The molecule has 0 unspecified atom stereocenters. The van der Waals surface area contributed by atoms with Gasteiger partial charge in [-0.2, -0.15) is 0 Å². The zero-order valence-electron chi connectivity index (χ0n) is 9.48. The van der Waals surface area contributed by atoms with Gasteiger partial charge in [-0.1, -0.05) is 0 Å². The number of hydrogen-bond donors (Lipinski definition) is 1. The summed E-state index contributed by atoms with van der Waals surface area (Å²) in [6, 6.07) is 7.87. The van der Waals surface area contributed by atoms with E-state index in [1.807, 2.05) is 0 Å². The van der Waals surface area contributed by atoms with Crippen LogP contribution in [0.25, 0.3) is 0 Å². The summed E-state index contributed by atoms with van der Waals surface area (Å²) in [7, 11) is 0. The maximum absolute atomic E-state index is 12.9. The van der Waals surface area contributed by atoms with Crippen LogP contribution in [0.15, 0.2) is 36.5 Å². The Kier molecular flexibility index (Phi) is 3.23. The van der Waals surface area contributed by atoms with Crippen LogP contribution in [0, 0.1) is 12.7 Å². The van der Waals surface area contributed by atoms with Crippen LogP contribution in [0.4, 0.5) is 10.1 Å². The molecule has 0 bridgehead atoms. The van der Waals surface area contributed by atoms with Crippen molar-refractivity contribution in [3.05, 3.63) is 53.6 Å². The third kappa shape index (κ3) is 2.93. The summed E-state index contributed by atoms with van der Waals surface area (Å²) >= 11 is 0. The van der Waals surface area contributed by atoms with Gasteiger partial charge in [-0.05, 0) is 42.8 Å². The second-order valence-corrected chi connectivity index (χ2v) is 3.78. The Morgan fingerprint density at radius 2 is 2.12 bits per heavy atom. The van der Waals surface area contributed by atoms with Gasteiger partial charge in [0.05, 0.1) is 5.69 Å². The van der Waals surface area contributed by atoms with Gasteiger partial charge in [0.25, 0.3) is 0 Å². The highest BCUT2D eigenvalue weighted by Gasteiger charge is 2.02. The number of nitrogens with zero attached hydrogens (tertiary/aromatic N) is 1. The summed E-state index contributed by atoms with van der Waals surface area (Å²) in [6.45, 7) is 2.11. The highest BCUT2D eigenvalue weighted by Crippen LogP contribution is 2.19. The number of rotatable bonds is 3. The number of benzene rings is 1. The summed E-state index contributed by atoms with van der Waals surface area (Å²) < 4.78 is 18.4. The molecular formula is C13H13FN2O. The summed E-state index contributed by atoms with van der Waals surface area (Å²) in [4.78, 5) is 4.12. The molecule has 0 aliphatic carbocycles. The first kappa shape index (κ1) is 11.4. The molecule has 0 radical (unpaired) electrons. The lowest BCUT2D eigenvalue weighted by atomic mass is 10.2. The van der Waals surface area contributed by atoms with E-state index < -0.39 is 0 Å². The maximum Gasteiger partial charge on any atom is 0.130 e. The first-order valence-electron chi connectivity index (χ1n) is 5.24. The zero-order valence-corrected chi connectivity index (χ0v) is 9.48. The number of aromatic nitrogens is 1. The van der Waals surface area contributed by atoms with Gasteiger partial charge in [0.2, 0.25) is 0 Å². The molecule has 0 aliphatic rings. The number of pyridine rings is 1. The number of hydrogen-bond acceptors (Lipinski definition) is 3. The lowest BCUT2D eigenvalue weighted by Crippen LogP contribution is -2.00. The van der Waals surface area contributed by atoms with E-state index in [1.165, 1.54) is 12.1 Å². The van der Waals surface area contributed by atoms with Crippen LogP contribution in [0.2, 0.25) is 0 Å². The van der Waals surface area contributed by atoms with E-state index in [4.69, 9.17) is 10.5 Å². The van der Waals surface area contributed by atoms with Gasteiger partial charge >= 0.3 is 0 Å². The van der Waals surface area contributed by atoms with Gasteiger partial charge in [0.1, 0.15) is 18.2 Å². The highest BCUT2D eigenvalue weighted by atomic mass is 19.1.